The van der Waals surface area contributed by atoms with E-state index in [9.17, 15) is 31.5 Å². The molecule has 0 radical (unpaired) electrons. The van der Waals surface area contributed by atoms with Crippen LogP contribution in [0.15, 0.2) is 58.3 Å². The molecule has 0 aromatic heterocycles. The molecule has 12 heteroatoms. The monoisotopic (exact) mass is 407 g/mol. The van der Waals surface area contributed by atoms with Crippen molar-refractivity contribution < 1.29 is 66.2 Å². The van der Waals surface area contributed by atoms with Crippen molar-refractivity contribution in [3.63, 3.8) is 0 Å². The number of nitrogens with one attached hydrogen (secondary N) is 1. The number of benzene rings is 2. The molecule has 2 aromatic carbocycles. The molecule has 0 aliphatic heterocycles. The fraction of sp³-hybridized carbons (Fsp3) is 0. The zero-order valence-corrected chi connectivity index (χ0v) is 16.9. The first-order chi connectivity index (χ1) is 11.5. The second-order valence-corrected chi connectivity index (χ2v) is 8.35. The average molecular weight is 407 g/mol. The zero-order chi connectivity index (χ0) is 18.8. The number of carboxylic acids is 2. The molecule has 26 heavy (non-hydrogen) atoms. The van der Waals surface area contributed by atoms with E-state index in [4.69, 9.17) is 5.11 Å². The molecule has 0 heterocycles. The van der Waals surface area contributed by atoms with Crippen LogP contribution in [0.4, 0.5) is 0 Å². The van der Waals surface area contributed by atoms with Crippen molar-refractivity contribution in [1.29, 1.82) is 0 Å². The maximum atomic E-state index is 12.1. The number of carbonyl (C=O) groups is 2. The van der Waals surface area contributed by atoms with Crippen molar-refractivity contribution in [3.05, 3.63) is 59.7 Å². The molecule has 0 unspecified atom stereocenters. The third kappa shape index (κ3) is 5.13. The summed E-state index contributed by atoms with van der Waals surface area (Å²) < 4.78 is 50.0. The van der Waals surface area contributed by atoms with Crippen LogP contribution in [0.1, 0.15) is 20.7 Å². The van der Waals surface area contributed by atoms with Crippen molar-refractivity contribution in [2.75, 3.05) is 0 Å². The SMILES string of the molecule is O=C([O-])c1ccc(S(=O)(=O)NS(=O)(=O)c2ccc(C(=O)O)cc2)cc1.[Na+]. The molecule has 0 saturated carbocycles. The van der Waals surface area contributed by atoms with E-state index in [0.29, 0.717) is 0 Å². The number of sulfonamides is 2. The molecule has 2 aromatic rings. The first-order valence-corrected chi connectivity index (χ1v) is 9.43. The minimum absolute atomic E-state index is 0. The molecule has 0 aliphatic rings. The summed E-state index contributed by atoms with van der Waals surface area (Å²) in [5.74, 6) is -2.78. The Labute approximate surface area is 171 Å². The summed E-state index contributed by atoms with van der Waals surface area (Å²) in [6.07, 6.45) is 0. The van der Waals surface area contributed by atoms with Crippen molar-refractivity contribution in [2.24, 2.45) is 0 Å². The predicted octanol–water partition coefficient (Wildman–Crippen LogP) is -3.58. The van der Waals surface area contributed by atoms with Crippen molar-refractivity contribution >= 4 is 32.0 Å². The van der Waals surface area contributed by atoms with E-state index < -0.39 is 41.8 Å². The quantitative estimate of drug-likeness (QED) is 0.465. The number of hydrogen-bond donors (Lipinski definition) is 2. The van der Waals surface area contributed by atoms with Crippen LogP contribution in [0.25, 0.3) is 0 Å². The molecule has 0 atom stereocenters. The molecule has 0 aliphatic carbocycles. The topological polar surface area (TPSA) is 158 Å². The van der Waals surface area contributed by atoms with Gasteiger partial charge in [-0.1, -0.05) is 12.1 Å². The Balaban J connectivity index is 0.00000338. The van der Waals surface area contributed by atoms with Crippen molar-refractivity contribution in [2.45, 2.75) is 9.79 Å². The molecular formula is C14H10NNaO8S2. The van der Waals surface area contributed by atoms with Gasteiger partial charge in [-0.05, 0) is 42.0 Å². The molecule has 2 N–H and O–H groups in total. The zero-order valence-electron chi connectivity index (χ0n) is 13.2. The van der Waals surface area contributed by atoms with E-state index >= 15 is 0 Å². The van der Waals surface area contributed by atoms with Crippen LogP contribution in [0.5, 0.6) is 0 Å². The van der Waals surface area contributed by atoms with Crippen LogP contribution < -0.4 is 38.8 Å². The molecule has 0 bridgehead atoms. The van der Waals surface area contributed by atoms with E-state index in [0.717, 1.165) is 48.5 Å². The van der Waals surface area contributed by atoms with E-state index in [-0.39, 0.29) is 40.7 Å². The van der Waals surface area contributed by atoms with Crippen LogP contribution >= 0.6 is 0 Å². The molecule has 0 fully saturated rings. The summed E-state index contributed by atoms with van der Waals surface area (Å²) in [5, 5.41) is 19.4. The van der Waals surface area contributed by atoms with Crippen LogP contribution in [-0.2, 0) is 20.0 Å². The number of rotatable bonds is 6. The Morgan fingerprint density at radius 1 is 0.769 bits per heavy atom. The fourth-order valence-corrected chi connectivity index (χ4v) is 4.70. The first-order valence-electron chi connectivity index (χ1n) is 6.46. The van der Waals surface area contributed by atoms with Crippen molar-refractivity contribution in [3.8, 4) is 0 Å². The minimum atomic E-state index is -4.50. The van der Waals surface area contributed by atoms with Crippen LogP contribution in [0.3, 0.4) is 0 Å². The van der Waals surface area contributed by atoms with Gasteiger partial charge in [0, 0.05) is 0 Å². The van der Waals surface area contributed by atoms with E-state index in [2.05, 4.69) is 0 Å². The molecular weight excluding hydrogens is 397 g/mol. The van der Waals surface area contributed by atoms with Gasteiger partial charge in [-0.2, -0.15) is 0 Å². The van der Waals surface area contributed by atoms with Gasteiger partial charge in [-0.25, -0.2) is 21.6 Å². The standard InChI is InChI=1S/C14H11NO8S2.Na/c16-13(17)9-1-5-11(6-2-9)24(20,21)15-25(22,23)12-7-3-10(4-8-12)14(18)19;/h1-8,15H,(H,16,17)(H,18,19);/q;+1/p-1. The van der Waals surface area contributed by atoms with Gasteiger partial charge < -0.3 is 15.0 Å². The maximum Gasteiger partial charge on any atom is 1.00 e. The predicted molar refractivity (Wildman–Crippen MR) is 81.7 cm³/mol. The summed E-state index contributed by atoms with van der Waals surface area (Å²) >= 11 is 0. The summed E-state index contributed by atoms with van der Waals surface area (Å²) in [6, 6.07) is 7.65. The summed E-state index contributed by atoms with van der Waals surface area (Å²) in [5.41, 5.74) is -0.439. The van der Waals surface area contributed by atoms with Crippen molar-refractivity contribution in [1.82, 2.24) is 4.13 Å². The molecule has 9 nitrogen and oxygen atoms in total. The summed E-state index contributed by atoms with van der Waals surface area (Å²) in [4.78, 5) is 20.5. The summed E-state index contributed by atoms with van der Waals surface area (Å²) in [6.45, 7) is 0. The van der Waals surface area contributed by atoms with E-state index in [1.165, 1.54) is 4.13 Å². The number of carboxylic acid groups (broad SMARTS) is 2. The third-order valence-electron chi connectivity index (χ3n) is 3.03. The normalized spacial score (nSPS) is 11.4. The Kier molecular flexibility index (Phi) is 7.10. The maximum absolute atomic E-state index is 12.1. The van der Waals surface area contributed by atoms with Gasteiger partial charge in [0.15, 0.2) is 0 Å². The number of aromatic carboxylic acids is 2. The largest absolute Gasteiger partial charge is 1.00 e. The number of carbonyl (C=O) groups excluding carboxylic acids is 1. The van der Waals surface area contributed by atoms with Crippen LogP contribution in [0, 0.1) is 0 Å². The smallest absolute Gasteiger partial charge is 0.545 e. The Hall–Kier alpha value is -1.76. The van der Waals surface area contributed by atoms with Crippen LogP contribution in [0.2, 0.25) is 0 Å². The van der Waals surface area contributed by atoms with Gasteiger partial charge in [0.2, 0.25) is 0 Å². The second-order valence-electron chi connectivity index (χ2n) is 4.73. The van der Waals surface area contributed by atoms with E-state index in [1.807, 2.05) is 0 Å². The van der Waals surface area contributed by atoms with E-state index in [1.54, 1.807) is 0 Å². The van der Waals surface area contributed by atoms with Gasteiger partial charge >= 0.3 is 35.5 Å². The van der Waals surface area contributed by atoms with Crippen LogP contribution in [-0.4, -0.2) is 33.9 Å². The van der Waals surface area contributed by atoms with Gasteiger partial charge in [0.1, 0.15) is 0 Å². The Bertz CT molecular complexity index is 944. The Morgan fingerprint density at radius 2 is 1.12 bits per heavy atom. The molecule has 0 spiro atoms. The Morgan fingerprint density at radius 3 is 1.42 bits per heavy atom. The molecule has 2 rings (SSSR count). The first kappa shape index (κ1) is 22.3. The van der Waals surface area contributed by atoms with Gasteiger partial charge in [-0.3, -0.25) is 0 Å². The second kappa shape index (κ2) is 8.29. The molecule has 0 saturated heterocycles. The van der Waals surface area contributed by atoms with Gasteiger partial charge in [0.25, 0.3) is 20.0 Å². The third-order valence-corrected chi connectivity index (χ3v) is 6.57. The molecule has 0 amide bonds. The molecule has 132 valence electrons. The summed E-state index contributed by atoms with van der Waals surface area (Å²) in [7, 11) is -9.00. The van der Waals surface area contributed by atoms with Gasteiger partial charge in [0.05, 0.1) is 21.3 Å². The minimum Gasteiger partial charge on any atom is -0.545 e. The number of hydrogen-bond acceptors (Lipinski definition) is 7. The average Bonchev–Trinajstić information content (AvgIpc) is 2.54. The van der Waals surface area contributed by atoms with Gasteiger partial charge in [-0.15, -0.1) is 4.13 Å². The fourth-order valence-electron chi connectivity index (χ4n) is 1.79.